The smallest absolute Gasteiger partial charge is 0.187 e. The fourth-order valence-corrected chi connectivity index (χ4v) is 5.41. The average Bonchev–Trinajstić information content (AvgIpc) is 3.38. The molecule has 2 nitrogen and oxygen atoms in total. The van der Waals surface area contributed by atoms with Crippen LogP contribution in [0.25, 0.3) is 27.6 Å². The molecule has 6 rings (SSSR count). The Morgan fingerprint density at radius 2 is 1.71 bits per heavy atom. The summed E-state index contributed by atoms with van der Waals surface area (Å²) in [5.41, 5.74) is 1.60. The van der Waals surface area contributed by atoms with E-state index in [0.29, 0.717) is 0 Å². The largest absolute Gasteiger partial charge is 0.497 e. The van der Waals surface area contributed by atoms with Crippen molar-refractivity contribution in [3.8, 4) is 11.5 Å². The molecule has 1 aliphatic heterocycles. The number of ether oxygens (including phenoxy) is 2. The molecule has 0 N–H and O–H groups in total. The summed E-state index contributed by atoms with van der Waals surface area (Å²) in [6.45, 7) is 0. The molecule has 5 aromatic rings. The molecule has 0 fully saturated rings. The van der Waals surface area contributed by atoms with Gasteiger partial charge < -0.3 is 9.47 Å². The highest BCUT2D eigenvalue weighted by molar-refractivity contribution is 7.10. The van der Waals surface area contributed by atoms with Gasteiger partial charge in [0.2, 0.25) is 0 Å². The van der Waals surface area contributed by atoms with E-state index in [-0.39, 0.29) is 0 Å². The minimum atomic E-state index is -0.665. The first-order chi connectivity index (χ1) is 15.3. The van der Waals surface area contributed by atoms with E-state index in [1.165, 1.54) is 15.6 Å². The molecule has 1 atom stereocenters. The molecule has 1 aliphatic rings. The Morgan fingerprint density at radius 3 is 2.58 bits per heavy atom. The van der Waals surface area contributed by atoms with E-state index in [1.807, 2.05) is 6.07 Å². The summed E-state index contributed by atoms with van der Waals surface area (Å²) in [6.07, 6.45) is 4.43. The maximum Gasteiger partial charge on any atom is 0.187 e. The molecule has 0 amide bonds. The molecule has 0 radical (unpaired) electrons. The van der Waals surface area contributed by atoms with Crippen molar-refractivity contribution < 1.29 is 9.47 Å². The van der Waals surface area contributed by atoms with Crippen LogP contribution in [-0.4, -0.2) is 7.11 Å². The van der Waals surface area contributed by atoms with E-state index in [4.69, 9.17) is 9.47 Å². The van der Waals surface area contributed by atoms with Gasteiger partial charge in [-0.1, -0.05) is 54.6 Å². The summed E-state index contributed by atoms with van der Waals surface area (Å²) in [4.78, 5) is 1.17. The summed E-state index contributed by atoms with van der Waals surface area (Å²) in [5, 5.41) is 6.83. The molecule has 0 spiro atoms. The SMILES string of the molecule is COc1ccc2c3c(ccc2c1)OC(c1cccs1)(c1cccc2ccccc12)C=C3. The van der Waals surface area contributed by atoms with Crippen LogP contribution in [0.4, 0.5) is 0 Å². The summed E-state index contributed by atoms with van der Waals surface area (Å²) >= 11 is 1.72. The monoisotopic (exact) mass is 420 g/mol. The Kier molecular flexibility index (Phi) is 4.12. The quantitative estimate of drug-likeness (QED) is 0.302. The van der Waals surface area contributed by atoms with Crippen molar-refractivity contribution in [3.05, 3.63) is 112 Å². The maximum atomic E-state index is 6.92. The van der Waals surface area contributed by atoms with Crippen LogP contribution in [0, 0.1) is 0 Å². The van der Waals surface area contributed by atoms with Gasteiger partial charge in [0.15, 0.2) is 5.60 Å². The normalized spacial score (nSPS) is 17.5. The van der Waals surface area contributed by atoms with Crippen LogP contribution < -0.4 is 9.47 Å². The molecule has 2 heterocycles. The van der Waals surface area contributed by atoms with E-state index in [2.05, 4.69) is 96.4 Å². The topological polar surface area (TPSA) is 18.5 Å². The fourth-order valence-electron chi connectivity index (χ4n) is 4.56. The van der Waals surface area contributed by atoms with Gasteiger partial charge in [-0.3, -0.25) is 0 Å². The summed E-state index contributed by atoms with van der Waals surface area (Å²) in [7, 11) is 1.70. The molecule has 0 saturated heterocycles. The number of fused-ring (bicyclic) bond motifs is 4. The number of hydrogen-bond donors (Lipinski definition) is 0. The van der Waals surface area contributed by atoms with Crippen LogP contribution >= 0.6 is 11.3 Å². The number of rotatable bonds is 3. The standard InChI is InChI=1S/C28H20O2S/c1-29-21-12-13-22-20(18-21)11-14-26-24(22)15-16-28(30-26,27-10-5-17-31-27)25-9-4-7-19-6-2-3-8-23(19)25/h2-18H,1H3. The fraction of sp³-hybridized carbons (Fsp3) is 0.0714. The van der Waals surface area contributed by atoms with E-state index in [1.54, 1.807) is 18.4 Å². The van der Waals surface area contributed by atoms with Gasteiger partial charge in [0.05, 0.1) is 12.0 Å². The van der Waals surface area contributed by atoms with Crippen molar-refractivity contribution in [3.63, 3.8) is 0 Å². The Balaban J connectivity index is 1.60. The van der Waals surface area contributed by atoms with Crippen molar-refractivity contribution >= 4 is 39.0 Å². The number of methoxy groups -OCH3 is 1. The number of benzene rings is 4. The highest BCUT2D eigenvalue weighted by Crippen LogP contribution is 2.47. The Labute approximate surface area is 185 Å². The minimum absolute atomic E-state index is 0.665. The van der Waals surface area contributed by atoms with Crippen molar-refractivity contribution in [1.82, 2.24) is 0 Å². The van der Waals surface area contributed by atoms with Gasteiger partial charge in [0.1, 0.15) is 11.5 Å². The van der Waals surface area contributed by atoms with Crippen molar-refractivity contribution in [1.29, 1.82) is 0 Å². The molecule has 0 aliphatic carbocycles. The van der Waals surface area contributed by atoms with E-state index in [0.717, 1.165) is 33.4 Å². The molecular formula is C28H20O2S. The number of thiophene rings is 1. The molecule has 3 heteroatoms. The van der Waals surface area contributed by atoms with Gasteiger partial charge in [0, 0.05) is 11.1 Å². The van der Waals surface area contributed by atoms with Gasteiger partial charge in [-0.2, -0.15) is 0 Å². The molecular weight excluding hydrogens is 400 g/mol. The van der Waals surface area contributed by atoms with Crippen LogP contribution in [0.5, 0.6) is 11.5 Å². The van der Waals surface area contributed by atoms with Crippen LogP contribution in [0.1, 0.15) is 16.0 Å². The predicted molar refractivity (Wildman–Crippen MR) is 129 cm³/mol. The Hall–Kier alpha value is -3.56. The van der Waals surface area contributed by atoms with Crippen LogP contribution in [0.3, 0.4) is 0 Å². The lowest BCUT2D eigenvalue weighted by Crippen LogP contribution is -2.33. The molecule has 0 bridgehead atoms. The summed E-state index contributed by atoms with van der Waals surface area (Å²) in [5.74, 6) is 1.75. The molecule has 0 saturated carbocycles. The zero-order chi connectivity index (χ0) is 20.8. The first kappa shape index (κ1) is 18.2. The summed E-state index contributed by atoms with van der Waals surface area (Å²) in [6, 6.07) is 29.6. The lowest BCUT2D eigenvalue weighted by atomic mass is 9.85. The summed E-state index contributed by atoms with van der Waals surface area (Å²) < 4.78 is 12.3. The van der Waals surface area contributed by atoms with Crippen molar-refractivity contribution in [2.75, 3.05) is 7.11 Å². The Morgan fingerprint density at radius 1 is 0.806 bits per heavy atom. The van der Waals surface area contributed by atoms with E-state index in [9.17, 15) is 0 Å². The van der Waals surface area contributed by atoms with Gasteiger partial charge in [-0.05, 0) is 69.4 Å². The third kappa shape index (κ3) is 2.77. The highest BCUT2D eigenvalue weighted by Gasteiger charge is 2.39. The second-order valence-electron chi connectivity index (χ2n) is 7.74. The van der Waals surface area contributed by atoms with Gasteiger partial charge in [-0.25, -0.2) is 0 Å². The first-order valence-electron chi connectivity index (χ1n) is 10.3. The van der Waals surface area contributed by atoms with Gasteiger partial charge in [-0.15, -0.1) is 11.3 Å². The van der Waals surface area contributed by atoms with Crippen molar-refractivity contribution in [2.45, 2.75) is 5.60 Å². The zero-order valence-corrected chi connectivity index (χ0v) is 17.9. The highest BCUT2D eigenvalue weighted by atomic mass is 32.1. The molecule has 1 aromatic heterocycles. The molecule has 4 aromatic carbocycles. The lowest BCUT2D eigenvalue weighted by Gasteiger charge is -2.36. The Bertz CT molecular complexity index is 1440. The molecule has 150 valence electrons. The lowest BCUT2D eigenvalue weighted by molar-refractivity contribution is 0.167. The van der Waals surface area contributed by atoms with Gasteiger partial charge in [0.25, 0.3) is 0 Å². The van der Waals surface area contributed by atoms with E-state index >= 15 is 0 Å². The minimum Gasteiger partial charge on any atom is -0.497 e. The third-order valence-electron chi connectivity index (χ3n) is 6.06. The average molecular weight is 421 g/mol. The van der Waals surface area contributed by atoms with Crippen molar-refractivity contribution in [2.24, 2.45) is 0 Å². The van der Waals surface area contributed by atoms with E-state index < -0.39 is 5.60 Å². The zero-order valence-electron chi connectivity index (χ0n) is 17.0. The first-order valence-corrected chi connectivity index (χ1v) is 11.2. The van der Waals surface area contributed by atoms with Crippen LogP contribution in [0.15, 0.2) is 96.4 Å². The number of hydrogen-bond acceptors (Lipinski definition) is 3. The van der Waals surface area contributed by atoms with Crippen LogP contribution in [0.2, 0.25) is 0 Å². The third-order valence-corrected chi connectivity index (χ3v) is 7.05. The molecule has 1 unspecified atom stereocenters. The maximum absolute atomic E-state index is 6.92. The predicted octanol–water partition coefficient (Wildman–Crippen LogP) is 7.41. The molecule has 31 heavy (non-hydrogen) atoms. The van der Waals surface area contributed by atoms with Gasteiger partial charge >= 0.3 is 0 Å². The second kappa shape index (κ2) is 7.00. The van der Waals surface area contributed by atoms with Crippen LogP contribution in [-0.2, 0) is 5.60 Å². The second-order valence-corrected chi connectivity index (χ2v) is 8.69.